The summed E-state index contributed by atoms with van der Waals surface area (Å²) in [5.41, 5.74) is 3.71. The van der Waals surface area contributed by atoms with Crippen LogP contribution in [-0.4, -0.2) is 31.8 Å². The van der Waals surface area contributed by atoms with Crippen LogP contribution in [0.2, 0.25) is 0 Å². The molecule has 9 heteroatoms. The average Bonchev–Trinajstić information content (AvgIpc) is 3.52. The van der Waals surface area contributed by atoms with Gasteiger partial charge in [-0.15, -0.1) is 5.10 Å². The SMILES string of the molecule is CC1=C(C(=O)OC2CCCCC2)C(c2c[nH]c3ccccc23)n2nc(SCc3ccccc3F)nc2N1. The van der Waals surface area contributed by atoms with Gasteiger partial charge in [-0.3, -0.25) is 0 Å². The van der Waals surface area contributed by atoms with Crippen LogP contribution in [0.4, 0.5) is 10.3 Å². The Kier molecular flexibility index (Phi) is 6.46. The largest absolute Gasteiger partial charge is 0.459 e. The van der Waals surface area contributed by atoms with Crippen molar-refractivity contribution in [1.82, 2.24) is 19.7 Å². The molecule has 1 aliphatic heterocycles. The third-order valence-electron chi connectivity index (χ3n) is 7.11. The summed E-state index contributed by atoms with van der Waals surface area (Å²) in [6, 6.07) is 14.2. The van der Waals surface area contributed by atoms with E-state index in [1.165, 1.54) is 24.2 Å². The Bertz CT molecular complexity index is 1490. The molecule has 1 atom stereocenters. The molecule has 1 aliphatic carbocycles. The number of nitrogens with one attached hydrogen (secondary N) is 2. The number of H-pyrrole nitrogens is 1. The molecule has 4 aromatic rings. The molecule has 0 spiro atoms. The van der Waals surface area contributed by atoms with E-state index >= 15 is 0 Å². The van der Waals surface area contributed by atoms with Gasteiger partial charge in [-0.05, 0) is 50.3 Å². The molecule has 6 rings (SSSR count). The molecule has 1 unspecified atom stereocenters. The van der Waals surface area contributed by atoms with E-state index in [2.05, 4.69) is 15.3 Å². The molecule has 0 radical (unpaired) electrons. The number of thioether (sulfide) groups is 1. The molecule has 1 fully saturated rings. The highest BCUT2D eigenvalue weighted by molar-refractivity contribution is 7.98. The van der Waals surface area contributed by atoms with Crippen LogP contribution >= 0.6 is 11.8 Å². The Morgan fingerprint density at radius 2 is 1.92 bits per heavy atom. The zero-order valence-corrected chi connectivity index (χ0v) is 21.4. The molecule has 2 aromatic carbocycles. The Labute approximate surface area is 218 Å². The van der Waals surface area contributed by atoms with Gasteiger partial charge in [0.05, 0.1) is 5.57 Å². The fourth-order valence-corrected chi connectivity index (χ4v) is 6.04. The van der Waals surface area contributed by atoms with Crippen LogP contribution in [0.25, 0.3) is 10.9 Å². The smallest absolute Gasteiger partial charge is 0.338 e. The highest BCUT2D eigenvalue weighted by atomic mass is 32.2. The molecule has 1 saturated carbocycles. The maximum Gasteiger partial charge on any atom is 0.338 e. The number of ether oxygens (including phenoxy) is 1. The number of allylic oxidation sites excluding steroid dienone is 1. The van der Waals surface area contributed by atoms with Gasteiger partial charge in [0.15, 0.2) is 0 Å². The lowest BCUT2D eigenvalue weighted by atomic mass is 9.94. The lowest BCUT2D eigenvalue weighted by molar-refractivity contribution is -0.146. The summed E-state index contributed by atoms with van der Waals surface area (Å²) in [7, 11) is 0. The van der Waals surface area contributed by atoms with Crippen molar-refractivity contribution in [3.63, 3.8) is 0 Å². The van der Waals surface area contributed by atoms with Crippen LogP contribution in [0.1, 0.15) is 56.2 Å². The maximum absolute atomic E-state index is 14.2. The minimum Gasteiger partial charge on any atom is -0.459 e. The van der Waals surface area contributed by atoms with Crippen molar-refractivity contribution < 1.29 is 13.9 Å². The number of aromatic amines is 1. The second-order valence-corrected chi connectivity index (χ2v) is 10.5. The van der Waals surface area contributed by atoms with E-state index in [-0.39, 0.29) is 17.9 Å². The first kappa shape index (κ1) is 23.8. The third kappa shape index (κ3) is 4.64. The Morgan fingerprint density at radius 1 is 1.14 bits per heavy atom. The Hall–Kier alpha value is -3.59. The number of rotatable bonds is 6. The number of benzene rings is 2. The summed E-state index contributed by atoms with van der Waals surface area (Å²) in [6.45, 7) is 1.88. The van der Waals surface area contributed by atoms with Crippen LogP contribution < -0.4 is 5.32 Å². The molecule has 0 saturated heterocycles. The monoisotopic (exact) mass is 517 g/mol. The van der Waals surface area contributed by atoms with Crippen molar-refractivity contribution >= 4 is 34.6 Å². The first-order valence-electron chi connectivity index (χ1n) is 12.7. The first-order valence-corrected chi connectivity index (χ1v) is 13.6. The Balaban J connectivity index is 1.37. The second kappa shape index (κ2) is 10.0. The third-order valence-corrected chi connectivity index (χ3v) is 8.00. The fourth-order valence-electron chi connectivity index (χ4n) is 5.22. The van der Waals surface area contributed by atoms with E-state index in [1.54, 1.807) is 16.8 Å². The van der Waals surface area contributed by atoms with E-state index in [1.807, 2.05) is 43.5 Å². The molecule has 0 amide bonds. The topological polar surface area (TPSA) is 84.8 Å². The molecule has 2 aliphatic rings. The van der Waals surface area contributed by atoms with Gasteiger partial charge in [-0.25, -0.2) is 13.9 Å². The number of carbonyl (C=O) groups excluding carboxylic acids is 1. The number of fused-ring (bicyclic) bond motifs is 2. The number of nitrogens with zero attached hydrogens (tertiary/aromatic N) is 3. The molecule has 2 aromatic heterocycles. The normalized spacial score (nSPS) is 18.1. The second-order valence-electron chi connectivity index (χ2n) is 9.56. The van der Waals surface area contributed by atoms with E-state index in [4.69, 9.17) is 9.84 Å². The van der Waals surface area contributed by atoms with E-state index in [9.17, 15) is 9.18 Å². The molecular formula is C28H28FN5O2S. The van der Waals surface area contributed by atoms with Crippen molar-refractivity contribution in [2.24, 2.45) is 0 Å². The van der Waals surface area contributed by atoms with Gasteiger partial charge in [0.25, 0.3) is 0 Å². The van der Waals surface area contributed by atoms with Gasteiger partial charge in [-0.2, -0.15) is 4.98 Å². The van der Waals surface area contributed by atoms with Crippen molar-refractivity contribution in [3.8, 4) is 0 Å². The molecule has 190 valence electrons. The van der Waals surface area contributed by atoms with E-state index in [0.717, 1.165) is 42.1 Å². The van der Waals surface area contributed by atoms with E-state index in [0.29, 0.717) is 33.7 Å². The molecule has 3 heterocycles. The van der Waals surface area contributed by atoms with Crippen molar-refractivity contribution in [3.05, 3.63) is 82.9 Å². The summed E-state index contributed by atoms with van der Waals surface area (Å²) in [4.78, 5) is 21.7. The highest BCUT2D eigenvalue weighted by Gasteiger charge is 2.37. The van der Waals surface area contributed by atoms with Crippen molar-refractivity contribution in [1.29, 1.82) is 0 Å². The number of para-hydroxylation sites is 1. The van der Waals surface area contributed by atoms with Crippen LogP contribution in [0.15, 0.2) is 71.2 Å². The van der Waals surface area contributed by atoms with Gasteiger partial charge in [-0.1, -0.05) is 54.6 Å². The lowest BCUT2D eigenvalue weighted by Crippen LogP contribution is -2.31. The average molecular weight is 518 g/mol. The minimum atomic E-state index is -0.515. The highest BCUT2D eigenvalue weighted by Crippen LogP contribution is 2.40. The number of hydrogen-bond acceptors (Lipinski definition) is 6. The van der Waals surface area contributed by atoms with Gasteiger partial charge in [0.1, 0.15) is 18.0 Å². The van der Waals surface area contributed by atoms with Gasteiger partial charge in [0.2, 0.25) is 11.1 Å². The first-order chi connectivity index (χ1) is 18.1. The lowest BCUT2D eigenvalue weighted by Gasteiger charge is -2.29. The van der Waals surface area contributed by atoms with Crippen LogP contribution in [0.5, 0.6) is 0 Å². The molecule has 2 N–H and O–H groups in total. The zero-order chi connectivity index (χ0) is 25.4. The maximum atomic E-state index is 14.2. The zero-order valence-electron chi connectivity index (χ0n) is 20.5. The minimum absolute atomic E-state index is 0.0609. The number of halogens is 1. The molecule has 37 heavy (non-hydrogen) atoms. The quantitative estimate of drug-likeness (QED) is 0.229. The predicted octanol–water partition coefficient (Wildman–Crippen LogP) is 6.36. The number of carbonyl (C=O) groups is 1. The molecule has 7 nitrogen and oxygen atoms in total. The van der Waals surface area contributed by atoms with Crippen LogP contribution in [-0.2, 0) is 15.3 Å². The fraction of sp³-hybridized carbons (Fsp3) is 0.321. The summed E-state index contributed by atoms with van der Waals surface area (Å²) < 4.78 is 21.9. The summed E-state index contributed by atoms with van der Waals surface area (Å²) in [5, 5.41) is 9.56. The number of aromatic nitrogens is 4. The van der Waals surface area contributed by atoms with Crippen molar-refractivity contribution in [2.75, 3.05) is 5.32 Å². The van der Waals surface area contributed by atoms with Gasteiger partial charge in [0, 0.05) is 34.1 Å². The van der Waals surface area contributed by atoms with E-state index < -0.39 is 6.04 Å². The number of hydrogen-bond donors (Lipinski definition) is 2. The molecular weight excluding hydrogens is 489 g/mol. The van der Waals surface area contributed by atoms with Gasteiger partial charge < -0.3 is 15.0 Å². The summed E-state index contributed by atoms with van der Waals surface area (Å²) in [6.07, 6.45) is 7.01. The van der Waals surface area contributed by atoms with Gasteiger partial charge >= 0.3 is 5.97 Å². The van der Waals surface area contributed by atoms with Crippen LogP contribution in [0.3, 0.4) is 0 Å². The predicted molar refractivity (Wildman–Crippen MR) is 142 cm³/mol. The van der Waals surface area contributed by atoms with Crippen LogP contribution in [0, 0.1) is 5.82 Å². The Morgan fingerprint density at radius 3 is 2.76 bits per heavy atom. The van der Waals surface area contributed by atoms with Crippen molar-refractivity contribution in [2.45, 2.75) is 62.1 Å². The molecule has 0 bridgehead atoms. The standard InChI is InChI=1S/C28H28FN5O2S/c1-17-24(26(35)36-19-10-3-2-4-11-19)25(21-15-30-23-14-8-6-12-20(21)23)34-27(31-17)32-28(33-34)37-16-18-9-5-7-13-22(18)29/h5-9,12-15,19,25,30H,2-4,10-11,16H2,1H3,(H,31,32,33). The summed E-state index contributed by atoms with van der Waals surface area (Å²) >= 11 is 1.36. The number of esters is 1. The summed E-state index contributed by atoms with van der Waals surface area (Å²) in [5.74, 6) is 0.364. The number of anilines is 1.